The van der Waals surface area contributed by atoms with E-state index in [1.54, 1.807) is 54.7 Å². The first-order chi connectivity index (χ1) is 19.2. The lowest BCUT2D eigenvalue weighted by Gasteiger charge is -2.40. The van der Waals surface area contributed by atoms with Crippen LogP contribution in [0.1, 0.15) is 45.4 Å². The number of hydrogen-bond acceptors (Lipinski definition) is 10. The van der Waals surface area contributed by atoms with Crippen LogP contribution in [-0.4, -0.2) is 98.3 Å². The second kappa shape index (κ2) is 18.8. The van der Waals surface area contributed by atoms with Gasteiger partial charge in [-0.25, -0.2) is 4.79 Å². The summed E-state index contributed by atoms with van der Waals surface area (Å²) < 4.78 is 16.7. The molecule has 40 heavy (non-hydrogen) atoms. The van der Waals surface area contributed by atoms with Crippen molar-refractivity contribution in [3.63, 3.8) is 0 Å². The number of ether oxygens (including phenoxy) is 3. The van der Waals surface area contributed by atoms with E-state index in [-0.39, 0.29) is 12.5 Å². The smallest absolute Gasteiger partial charge is 0.331 e. The number of carbonyl (C=O) groups excluding carboxylic acids is 1. The Kier molecular flexibility index (Phi) is 15.9. The monoisotopic (exact) mass is 564 g/mol. The molecule has 0 radical (unpaired) electrons. The lowest BCUT2D eigenvalue weighted by molar-refractivity contribution is -0.307. The summed E-state index contributed by atoms with van der Waals surface area (Å²) in [6.07, 6.45) is 13.9. The van der Waals surface area contributed by atoms with Crippen LogP contribution in [-0.2, 0) is 19.0 Å². The van der Waals surface area contributed by atoms with E-state index < -0.39 is 61.6 Å². The Morgan fingerprint density at radius 3 is 2.35 bits per heavy atom. The van der Waals surface area contributed by atoms with E-state index in [0.29, 0.717) is 19.3 Å². The van der Waals surface area contributed by atoms with Crippen LogP contribution in [0.3, 0.4) is 0 Å². The minimum Gasteiger partial charge on any atom is -0.460 e. The normalized spacial score (nSPS) is 36.6. The molecule has 1 saturated heterocycles. The summed E-state index contributed by atoms with van der Waals surface area (Å²) in [5, 5.41) is 60.2. The molecule has 0 saturated carbocycles. The van der Waals surface area contributed by atoms with Crippen molar-refractivity contribution in [2.45, 2.75) is 101 Å². The second-order valence-corrected chi connectivity index (χ2v) is 9.89. The van der Waals surface area contributed by atoms with Crippen LogP contribution < -0.4 is 0 Å². The fraction of sp³-hybridized carbons (Fsp3) is 0.567. The highest BCUT2D eigenvalue weighted by atomic mass is 16.7. The summed E-state index contributed by atoms with van der Waals surface area (Å²) in [5.74, 6) is -0.458. The quantitative estimate of drug-likeness (QED) is 0.277. The van der Waals surface area contributed by atoms with Gasteiger partial charge in [-0.3, -0.25) is 0 Å². The number of rotatable bonds is 3. The summed E-state index contributed by atoms with van der Waals surface area (Å²) in [6, 6.07) is 0. The number of carbonyl (C=O) groups is 1. The summed E-state index contributed by atoms with van der Waals surface area (Å²) in [6.45, 7) is 1.26. The molecular formula is C30H44O10. The van der Waals surface area contributed by atoms with Gasteiger partial charge in [0.2, 0.25) is 0 Å². The molecule has 2 rings (SSSR count). The van der Waals surface area contributed by atoms with Crippen molar-refractivity contribution < 1.29 is 49.6 Å². The zero-order valence-corrected chi connectivity index (χ0v) is 22.9. The summed E-state index contributed by atoms with van der Waals surface area (Å²) in [7, 11) is 0. The van der Waals surface area contributed by atoms with Gasteiger partial charge in [-0.1, -0.05) is 66.8 Å². The molecule has 9 atom stereocenters. The molecular weight excluding hydrogens is 520 g/mol. The number of aliphatic hydroxyl groups is 6. The number of hydrogen-bond donors (Lipinski definition) is 6. The maximum absolute atomic E-state index is 12.1. The van der Waals surface area contributed by atoms with Gasteiger partial charge >= 0.3 is 5.97 Å². The van der Waals surface area contributed by atoms with Crippen LogP contribution in [0.15, 0.2) is 72.9 Å². The fourth-order valence-electron chi connectivity index (χ4n) is 4.10. The molecule has 0 spiro atoms. The predicted octanol–water partition coefficient (Wildman–Crippen LogP) is 1.52. The Morgan fingerprint density at radius 2 is 1.57 bits per heavy atom. The standard InChI is InChI=1S/C30H44O10/c1-21-13-7-3-2-4-8-14-22(32)19-23(33)15-9-5-10-16-24(17-11-6-12-18-26(34)38-21)39-30-29(37)28(36)27(35)25(20-31)40-30/h2,4-6,8-12,14,16,18,21-25,27-33,35-37H,3,7,13,15,17,19-20H2,1H3/b4-2?,9-5?,11-6?,14-8?,16-10+,18-12?. The molecule has 0 bridgehead atoms. The summed E-state index contributed by atoms with van der Waals surface area (Å²) >= 11 is 0. The predicted molar refractivity (Wildman–Crippen MR) is 149 cm³/mol. The van der Waals surface area contributed by atoms with E-state index in [0.717, 1.165) is 12.8 Å². The Labute approximate surface area is 235 Å². The third kappa shape index (κ3) is 12.8. The maximum Gasteiger partial charge on any atom is 0.331 e. The molecule has 2 aliphatic heterocycles. The van der Waals surface area contributed by atoms with Gasteiger partial charge in [-0.2, -0.15) is 0 Å². The van der Waals surface area contributed by atoms with Crippen LogP contribution in [0.2, 0.25) is 0 Å². The minimum atomic E-state index is -1.57. The molecule has 9 unspecified atom stereocenters. The maximum atomic E-state index is 12.1. The van der Waals surface area contributed by atoms with Crippen molar-refractivity contribution in [1.29, 1.82) is 0 Å². The van der Waals surface area contributed by atoms with Crippen molar-refractivity contribution in [1.82, 2.24) is 0 Å². The van der Waals surface area contributed by atoms with Crippen molar-refractivity contribution in [3.05, 3.63) is 72.9 Å². The largest absolute Gasteiger partial charge is 0.460 e. The highest BCUT2D eigenvalue weighted by molar-refractivity contribution is 5.82. The summed E-state index contributed by atoms with van der Waals surface area (Å²) in [5.41, 5.74) is 0. The molecule has 0 aromatic heterocycles. The second-order valence-electron chi connectivity index (χ2n) is 9.89. The number of cyclic esters (lactones) is 1. The molecule has 2 heterocycles. The van der Waals surface area contributed by atoms with Gasteiger partial charge in [-0.15, -0.1) is 0 Å². The molecule has 0 aliphatic carbocycles. The average molecular weight is 565 g/mol. The van der Waals surface area contributed by atoms with Crippen LogP contribution in [0.5, 0.6) is 0 Å². The van der Waals surface area contributed by atoms with Gasteiger partial charge in [0.1, 0.15) is 24.4 Å². The third-order valence-electron chi connectivity index (χ3n) is 6.38. The number of allylic oxidation sites excluding steroid dienone is 7. The Bertz CT molecular complexity index is 906. The van der Waals surface area contributed by atoms with Gasteiger partial charge in [0, 0.05) is 12.5 Å². The first kappa shape index (κ1) is 33.8. The average Bonchev–Trinajstić information content (AvgIpc) is 2.91. The van der Waals surface area contributed by atoms with Crippen molar-refractivity contribution >= 4 is 5.97 Å². The topological polar surface area (TPSA) is 166 Å². The van der Waals surface area contributed by atoms with Crippen molar-refractivity contribution in [2.24, 2.45) is 0 Å². The molecule has 0 aromatic carbocycles. The van der Waals surface area contributed by atoms with Gasteiger partial charge in [0.05, 0.1) is 31.0 Å². The van der Waals surface area contributed by atoms with Crippen LogP contribution in [0.4, 0.5) is 0 Å². The SMILES string of the molecule is CC1CCCC=CC=CC(O)CC(O)CC=C/C=C/C(OC2OC(CO)C(O)C(O)C2O)CC=CC=CC(=O)O1. The highest BCUT2D eigenvalue weighted by Gasteiger charge is 2.44. The van der Waals surface area contributed by atoms with Crippen LogP contribution >= 0.6 is 0 Å². The van der Waals surface area contributed by atoms with Gasteiger partial charge in [-0.05, 0) is 39.0 Å². The van der Waals surface area contributed by atoms with E-state index >= 15 is 0 Å². The van der Waals surface area contributed by atoms with Crippen LogP contribution in [0, 0.1) is 0 Å². The molecule has 0 aromatic rings. The van der Waals surface area contributed by atoms with E-state index in [1.807, 2.05) is 19.1 Å². The number of esters is 1. The third-order valence-corrected chi connectivity index (χ3v) is 6.38. The lowest BCUT2D eigenvalue weighted by Crippen LogP contribution is -2.59. The molecule has 1 fully saturated rings. The summed E-state index contributed by atoms with van der Waals surface area (Å²) in [4.78, 5) is 12.1. The molecule has 2 aliphatic rings. The van der Waals surface area contributed by atoms with Crippen molar-refractivity contribution in [2.75, 3.05) is 6.61 Å². The van der Waals surface area contributed by atoms with E-state index in [9.17, 15) is 35.4 Å². The fourth-order valence-corrected chi connectivity index (χ4v) is 4.10. The van der Waals surface area contributed by atoms with Gasteiger partial charge in [0.15, 0.2) is 6.29 Å². The molecule has 0 amide bonds. The van der Waals surface area contributed by atoms with Crippen LogP contribution in [0.25, 0.3) is 0 Å². The molecule has 6 N–H and O–H groups in total. The van der Waals surface area contributed by atoms with E-state index in [1.165, 1.54) is 6.08 Å². The van der Waals surface area contributed by atoms with E-state index in [2.05, 4.69) is 0 Å². The Hall–Kier alpha value is -2.41. The molecule has 10 heteroatoms. The Balaban J connectivity index is 2.12. The van der Waals surface area contributed by atoms with E-state index in [4.69, 9.17) is 14.2 Å². The van der Waals surface area contributed by atoms with Crippen molar-refractivity contribution in [3.8, 4) is 0 Å². The first-order valence-electron chi connectivity index (χ1n) is 13.7. The van der Waals surface area contributed by atoms with Gasteiger partial charge < -0.3 is 44.8 Å². The lowest BCUT2D eigenvalue weighted by atomic mass is 9.99. The first-order valence-corrected chi connectivity index (χ1v) is 13.7. The molecule has 224 valence electrons. The molecule has 10 nitrogen and oxygen atoms in total. The zero-order valence-electron chi connectivity index (χ0n) is 22.9. The Morgan fingerprint density at radius 1 is 0.875 bits per heavy atom. The minimum absolute atomic E-state index is 0.183. The highest BCUT2D eigenvalue weighted by Crippen LogP contribution is 2.24. The zero-order chi connectivity index (χ0) is 29.3. The van der Waals surface area contributed by atoms with Gasteiger partial charge in [0.25, 0.3) is 0 Å². The number of aliphatic hydroxyl groups excluding tert-OH is 6.